The van der Waals surface area contributed by atoms with E-state index in [0.29, 0.717) is 36.3 Å². The Hall–Kier alpha value is -3.01. The van der Waals surface area contributed by atoms with Crippen LogP contribution >= 0.6 is 0 Å². The van der Waals surface area contributed by atoms with Crippen LogP contribution in [0.25, 0.3) is 11.2 Å². The van der Waals surface area contributed by atoms with Gasteiger partial charge in [-0.05, 0) is 6.42 Å². The maximum absolute atomic E-state index is 12.7. The SMILES string of the molecule is O[C@@H]1[C@H](O)[C@@H](COc2cc(C(F)(F)F)[nH]n2)O[C@H]1n1cnc2c(NC3CCOC3)ncnc21. The number of aliphatic hydroxyl groups is 2. The molecule has 2 saturated heterocycles. The minimum atomic E-state index is -4.60. The van der Waals surface area contributed by atoms with Crippen LogP contribution in [-0.4, -0.2) is 84.1 Å². The number of ether oxygens (including phenoxy) is 3. The fraction of sp³-hybridized carbons (Fsp3) is 0.556. The molecule has 2 aliphatic rings. The van der Waals surface area contributed by atoms with Crippen LogP contribution in [0.4, 0.5) is 19.0 Å². The van der Waals surface area contributed by atoms with Gasteiger partial charge in [0.1, 0.15) is 36.9 Å². The predicted molar refractivity (Wildman–Crippen MR) is 103 cm³/mol. The Kier molecular flexibility index (Phi) is 5.55. The molecule has 2 aliphatic heterocycles. The first-order chi connectivity index (χ1) is 15.8. The van der Waals surface area contributed by atoms with Gasteiger partial charge < -0.3 is 29.7 Å². The molecule has 2 fully saturated rings. The van der Waals surface area contributed by atoms with Crippen molar-refractivity contribution in [3.63, 3.8) is 0 Å². The Morgan fingerprint density at radius 2 is 2.09 bits per heavy atom. The zero-order chi connectivity index (χ0) is 23.2. The highest BCUT2D eigenvalue weighted by Crippen LogP contribution is 2.33. The molecule has 0 amide bonds. The van der Waals surface area contributed by atoms with Gasteiger partial charge in [-0.25, -0.2) is 15.0 Å². The van der Waals surface area contributed by atoms with Gasteiger partial charge in [-0.1, -0.05) is 0 Å². The predicted octanol–water partition coefficient (Wildman–Crippen LogP) is 0.467. The Morgan fingerprint density at radius 1 is 1.24 bits per heavy atom. The number of anilines is 1. The van der Waals surface area contributed by atoms with Gasteiger partial charge in [0.25, 0.3) is 0 Å². The van der Waals surface area contributed by atoms with E-state index < -0.39 is 36.4 Å². The number of alkyl halides is 3. The zero-order valence-electron chi connectivity index (χ0n) is 16.9. The number of halogens is 3. The number of nitrogens with zero attached hydrogens (tertiary/aromatic N) is 5. The number of hydrogen-bond donors (Lipinski definition) is 4. The molecule has 0 saturated carbocycles. The average Bonchev–Trinajstić information content (AvgIpc) is 3.56. The number of nitrogens with one attached hydrogen (secondary N) is 2. The lowest BCUT2D eigenvalue weighted by Crippen LogP contribution is -2.34. The van der Waals surface area contributed by atoms with Crippen molar-refractivity contribution in [3.05, 3.63) is 24.4 Å². The van der Waals surface area contributed by atoms with Crippen molar-refractivity contribution in [1.29, 1.82) is 0 Å². The van der Waals surface area contributed by atoms with E-state index in [-0.39, 0.29) is 18.5 Å². The molecule has 3 aromatic heterocycles. The minimum Gasteiger partial charge on any atom is -0.474 e. The second kappa shape index (κ2) is 8.40. The van der Waals surface area contributed by atoms with Gasteiger partial charge in [0.05, 0.1) is 19.0 Å². The fourth-order valence-electron chi connectivity index (χ4n) is 3.77. The maximum atomic E-state index is 12.7. The van der Waals surface area contributed by atoms with E-state index in [2.05, 4.69) is 25.4 Å². The summed E-state index contributed by atoms with van der Waals surface area (Å²) in [7, 11) is 0. The third-order valence-corrected chi connectivity index (χ3v) is 5.50. The first kappa shape index (κ1) is 21.8. The molecule has 33 heavy (non-hydrogen) atoms. The van der Waals surface area contributed by atoms with E-state index in [4.69, 9.17) is 14.2 Å². The van der Waals surface area contributed by atoms with Gasteiger partial charge in [0.2, 0.25) is 5.88 Å². The highest BCUT2D eigenvalue weighted by atomic mass is 19.4. The van der Waals surface area contributed by atoms with Crippen molar-refractivity contribution in [3.8, 4) is 5.88 Å². The molecule has 0 bridgehead atoms. The van der Waals surface area contributed by atoms with Crippen LogP contribution in [0.1, 0.15) is 18.3 Å². The Labute approximate surface area is 183 Å². The van der Waals surface area contributed by atoms with E-state index >= 15 is 0 Å². The zero-order valence-corrected chi connectivity index (χ0v) is 16.9. The van der Waals surface area contributed by atoms with Crippen LogP contribution in [0, 0.1) is 0 Å². The Morgan fingerprint density at radius 3 is 2.82 bits per heavy atom. The number of imidazole rings is 1. The topological polar surface area (TPSA) is 152 Å². The highest BCUT2D eigenvalue weighted by molar-refractivity contribution is 5.82. The van der Waals surface area contributed by atoms with Crippen LogP contribution in [0.2, 0.25) is 0 Å². The van der Waals surface area contributed by atoms with E-state index in [1.807, 2.05) is 5.10 Å². The Bertz CT molecular complexity index is 1120. The summed E-state index contributed by atoms with van der Waals surface area (Å²) in [6, 6.07) is 0.782. The van der Waals surface area contributed by atoms with Crippen molar-refractivity contribution >= 4 is 17.0 Å². The third kappa shape index (κ3) is 4.19. The molecular weight excluding hydrogens is 451 g/mol. The molecule has 3 aromatic rings. The van der Waals surface area contributed by atoms with Crippen molar-refractivity contribution in [2.75, 3.05) is 25.1 Å². The van der Waals surface area contributed by atoms with Crippen molar-refractivity contribution < 1.29 is 37.6 Å². The number of aromatic amines is 1. The van der Waals surface area contributed by atoms with Gasteiger partial charge in [-0.15, -0.1) is 5.10 Å². The van der Waals surface area contributed by atoms with E-state index in [0.717, 1.165) is 6.42 Å². The summed E-state index contributed by atoms with van der Waals surface area (Å²) in [4.78, 5) is 12.8. The van der Waals surface area contributed by atoms with E-state index in [9.17, 15) is 23.4 Å². The van der Waals surface area contributed by atoms with Gasteiger partial charge in [0, 0.05) is 12.7 Å². The molecule has 0 radical (unpaired) electrons. The summed E-state index contributed by atoms with van der Waals surface area (Å²) in [6.07, 6.45) is -5.85. The molecule has 0 aliphatic carbocycles. The number of fused-ring (bicyclic) bond motifs is 1. The van der Waals surface area contributed by atoms with Gasteiger partial charge in [-0.3, -0.25) is 9.67 Å². The maximum Gasteiger partial charge on any atom is 0.432 e. The lowest BCUT2D eigenvalue weighted by atomic mass is 10.1. The molecule has 0 aromatic carbocycles. The molecule has 12 nitrogen and oxygen atoms in total. The number of rotatable bonds is 6. The lowest BCUT2D eigenvalue weighted by Gasteiger charge is -2.17. The monoisotopic (exact) mass is 471 g/mol. The molecule has 0 spiro atoms. The van der Waals surface area contributed by atoms with Crippen LogP contribution in [0.5, 0.6) is 5.88 Å². The second-order valence-electron chi connectivity index (χ2n) is 7.73. The lowest BCUT2D eigenvalue weighted by molar-refractivity contribution is -0.141. The standard InChI is InChI=1S/C18H20F3N7O5/c19-18(20,21)10-3-11(27-26-10)32-5-9-13(29)14(30)17(33-9)28-7-24-12-15(22-6-23-16(12)28)25-8-1-2-31-4-8/h3,6-9,13-14,17,29-30H,1-2,4-5H2,(H,26,27)(H,22,23,25)/t8?,9-,13-,14-,17-/m1/s1. The molecule has 5 heterocycles. The first-order valence-corrected chi connectivity index (χ1v) is 10.1. The van der Waals surface area contributed by atoms with E-state index in [1.54, 1.807) is 0 Å². The van der Waals surface area contributed by atoms with Crippen LogP contribution in [0.3, 0.4) is 0 Å². The molecule has 5 rings (SSSR count). The van der Waals surface area contributed by atoms with Crippen LogP contribution in [-0.2, 0) is 15.7 Å². The van der Waals surface area contributed by atoms with Gasteiger partial charge in [0.15, 0.2) is 23.2 Å². The van der Waals surface area contributed by atoms with Gasteiger partial charge in [-0.2, -0.15) is 13.2 Å². The molecule has 5 atom stereocenters. The van der Waals surface area contributed by atoms with Crippen molar-refractivity contribution in [2.45, 2.75) is 43.2 Å². The summed E-state index contributed by atoms with van der Waals surface area (Å²) in [5.41, 5.74) is -0.251. The van der Waals surface area contributed by atoms with Crippen LogP contribution in [0.15, 0.2) is 18.7 Å². The number of aliphatic hydroxyl groups excluding tert-OH is 2. The summed E-state index contributed by atoms with van der Waals surface area (Å²) in [5.74, 6) is 0.185. The normalized spacial score (nSPS) is 28.0. The highest BCUT2D eigenvalue weighted by Gasteiger charge is 2.45. The van der Waals surface area contributed by atoms with Crippen molar-refractivity contribution in [1.82, 2.24) is 29.7 Å². The number of hydrogen-bond acceptors (Lipinski definition) is 10. The summed E-state index contributed by atoms with van der Waals surface area (Å²) in [5, 5.41) is 29.5. The average molecular weight is 471 g/mol. The molecule has 178 valence electrons. The first-order valence-electron chi connectivity index (χ1n) is 10.1. The van der Waals surface area contributed by atoms with E-state index in [1.165, 1.54) is 17.2 Å². The molecular formula is C18H20F3N7O5. The molecule has 4 N–H and O–H groups in total. The smallest absolute Gasteiger partial charge is 0.432 e. The van der Waals surface area contributed by atoms with Gasteiger partial charge >= 0.3 is 6.18 Å². The van der Waals surface area contributed by atoms with Crippen molar-refractivity contribution in [2.24, 2.45) is 0 Å². The quantitative estimate of drug-likeness (QED) is 0.399. The third-order valence-electron chi connectivity index (χ3n) is 5.50. The number of H-pyrrole nitrogens is 1. The largest absolute Gasteiger partial charge is 0.474 e. The summed E-state index contributed by atoms with van der Waals surface area (Å²) < 4.78 is 55.8. The summed E-state index contributed by atoms with van der Waals surface area (Å²) in [6.45, 7) is 0.859. The Balaban J connectivity index is 1.30. The second-order valence-corrected chi connectivity index (χ2v) is 7.73. The minimum absolute atomic E-state index is 0.0878. The fourth-order valence-corrected chi connectivity index (χ4v) is 3.77. The summed E-state index contributed by atoms with van der Waals surface area (Å²) >= 11 is 0. The molecule has 1 unspecified atom stereocenters. The number of aromatic nitrogens is 6. The van der Waals surface area contributed by atoms with Crippen LogP contribution < -0.4 is 10.1 Å². The molecule has 15 heteroatoms.